The Balaban J connectivity index is 2.20. The fraction of sp³-hybridized carbons (Fsp3) is 0. The largest absolute Gasteiger partial charge is 0.507 e. The second kappa shape index (κ2) is 5.78. The molecule has 0 saturated carbocycles. The summed E-state index contributed by atoms with van der Waals surface area (Å²) in [6.07, 6.45) is 0.949. The van der Waals surface area contributed by atoms with Crippen LogP contribution in [-0.4, -0.2) is 16.7 Å². The molecule has 2 rings (SSSR count). The van der Waals surface area contributed by atoms with Crippen molar-refractivity contribution in [1.29, 1.82) is 0 Å². The van der Waals surface area contributed by atoms with Gasteiger partial charge in [0, 0.05) is 17.2 Å². The maximum absolute atomic E-state index is 11.8. The first-order valence-electron chi connectivity index (χ1n) is 5.78. The first kappa shape index (κ1) is 12.8. The van der Waals surface area contributed by atoms with Gasteiger partial charge < -0.3 is 5.11 Å². The molecule has 2 aromatic rings. The number of rotatable bonds is 4. The monoisotopic (exact) mass is 252 g/mol. The molecule has 0 saturated heterocycles. The average molecular weight is 252 g/mol. The Labute approximate surface area is 110 Å². The van der Waals surface area contributed by atoms with Crippen molar-refractivity contribution in [3.8, 4) is 0 Å². The third kappa shape index (κ3) is 3.16. The Morgan fingerprint density at radius 1 is 0.789 bits per heavy atom. The first-order valence-corrected chi connectivity index (χ1v) is 5.78. The number of aliphatic hydroxyl groups is 1. The molecule has 1 N–H and O–H groups in total. The molecule has 3 heteroatoms. The van der Waals surface area contributed by atoms with Gasteiger partial charge >= 0.3 is 0 Å². The van der Waals surface area contributed by atoms with Crippen LogP contribution < -0.4 is 0 Å². The van der Waals surface area contributed by atoms with Gasteiger partial charge in [-0.15, -0.1) is 0 Å². The molecule has 0 fully saturated rings. The van der Waals surface area contributed by atoms with Gasteiger partial charge in [0.1, 0.15) is 5.76 Å². The standard InChI is InChI=1S/C16H12O3/c17-14(12-7-3-1-4-8-12)11-15(18)16(19)13-9-5-2-6-10-13/h1-11,17H/b14-11+. The summed E-state index contributed by atoms with van der Waals surface area (Å²) in [6, 6.07) is 16.8. The number of benzene rings is 2. The molecule has 0 atom stereocenters. The van der Waals surface area contributed by atoms with E-state index in [4.69, 9.17) is 0 Å². The fourth-order valence-corrected chi connectivity index (χ4v) is 1.61. The predicted octanol–water partition coefficient (Wildman–Crippen LogP) is 3.04. The van der Waals surface area contributed by atoms with Gasteiger partial charge in [0.2, 0.25) is 11.6 Å². The summed E-state index contributed by atoms with van der Waals surface area (Å²) in [5.41, 5.74) is 0.807. The van der Waals surface area contributed by atoms with Crippen LogP contribution in [-0.2, 0) is 4.79 Å². The van der Waals surface area contributed by atoms with E-state index >= 15 is 0 Å². The summed E-state index contributed by atoms with van der Waals surface area (Å²) >= 11 is 0. The second-order valence-electron chi connectivity index (χ2n) is 3.96. The van der Waals surface area contributed by atoms with Gasteiger partial charge in [-0.2, -0.15) is 0 Å². The minimum Gasteiger partial charge on any atom is -0.507 e. The van der Waals surface area contributed by atoms with Crippen LogP contribution in [0, 0.1) is 0 Å². The molecular formula is C16H12O3. The van der Waals surface area contributed by atoms with Crippen molar-refractivity contribution >= 4 is 17.3 Å². The second-order valence-corrected chi connectivity index (χ2v) is 3.96. The third-order valence-corrected chi connectivity index (χ3v) is 2.60. The Kier molecular flexibility index (Phi) is 3.88. The van der Waals surface area contributed by atoms with E-state index in [0.29, 0.717) is 11.1 Å². The van der Waals surface area contributed by atoms with Crippen LogP contribution in [0.3, 0.4) is 0 Å². The minimum absolute atomic E-state index is 0.213. The van der Waals surface area contributed by atoms with Crippen LogP contribution >= 0.6 is 0 Å². The molecule has 2 aromatic carbocycles. The number of carbonyl (C=O) groups is 2. The van der Waals surface area contributed by atoms with Crippen LogP contribution in [0.2, 0.25) is 0 Å². The normalized spacial score (nSPS) is 11.1. The van der Waals surface area contributed by atoms with Gasteiger partial charge in [0.05, 0.1) is 0 Å². The molecule has 0 radical (unpaired) electrons. The van der Waals surface area contributed by atoms with Crippen molar-refractivity contribution in [2.45, 2.75) is 0 Å². The summed E-state index contributed by atoms with van der Waals surface area (Å²) in [6.45, 7) is 0. The first-order chi connectivity index (χ1) is 9.18. The molecular weight excluding hydrogens is 240 g/mol. The van der Waals surface area contributed by atoms with Crippen molar-refractivity contribution in [3.63, 3.8) is 0 Å². The average Bonchev–Trinajstić information content (AvgIpc) is 2.48. The molecule has 0 heterocycles. The number of hydrogen-bond acceptors (Lipinski definition) is 3. The van der Waals surface area contributed by atoms with Gasteiger partial charge in [-0.05, 0) is 0 Å². The van der Waals surface area contributed by atoms with Crippen LogP contribution in [0.15, 0.2) is 66.7 Å². The molecule has 0 aliphatic carbocycles. The quantitative estimate of drug-likeness (QED) is 0.394. The highest BCUT2D eigenvalue weighted by atomic mass is 16.3. The molecule has 0 aliphatic heterocycles. The van der Waals surface area contributed by atoms with Gasteiger partial charge in [0.15, 0.2) is 0 Å². The molecule has 0 spiro atoms. The van der Waals surface area contributed by atoms with E-state index < -0.39 is 11.6 Å². The van der Waals surface area contributed by atoms with Crippen LogP contribution in [0.1, 0.15) is 15.9 Å². The number of hydrogen-bond donors (Lipinski definition) is 1. The topological polar surface area (TPSA) is 54.4 Å². The van der Waals surface area contributed by atoms with E-state index in [-0.39, 0.29) is 5.76 Å². The zero-order chi connectivity index (χ0) is 13.7. The lowest BCUT2D eigenvalue weighted by Gasteiger charge is -2.00. The van der Waals surface area contributed by atoms with E-state index in [9.17, 15) is 14.7 Å². The van der Waals surface area contributed by atoms with Crippen LogP contribution in [0.4, 0.5) is 0 Å². The third-order valence-electron chi connectivity index (χ3n) is 2.60. The number of allylic oxidation sites excluding steroid dienone is 1. The van der Waals surface area contributed by atoms with E-state index in [1.807, 2.05) is 0 Å². The minimum atomic E-state index is -0.743. The molecule has 0 unspecified atom stereocenters. The van der Waals surface area contributed by atoms with Gasteiger partial charge in [-0.1, -0.05) is 60.7 Å². The number of aliphatic hydroxyl groups excluding tert-OH is 1. The van der Waals surface area contributed by atoms with Crippen molar-refractivity contribution in [3.05, 3.63) is 77.9 Å². The lowest BCUT2D eigenvalue weighted by atomic mass is 10.1. The Hall–Kier alpha value is -2.68. The Morgan fingerprint density at radius 3 is 1.79 bits per heavy atom. The summed E-state index contributed by atoms with van der Waals surface area (Å²) in [5.74, 6) is -1.59. The van der Waals surface area contributed by atoms with Gasteiger partial charge in [0.25, 0.3) is 0 Å². The summed E-state index contributed by atoms with van der Waals surface area (Å²) in [4.78, 5) is 23.5. The van der Waals surface area contributed by atoms with E-state index in [2.05, 4.69) is 0 Å². The molecule has 0 amide bonds. The Bertz CT molecular complexity index is 613. The van der Waals surface area contributed by atoms with E-state index in [1.165, 1.54) is 0 Å². The number of Topliss-reactive ketones (excluding diaryl/α,β-unsaturated/α-hetero) is 1. The predicted molar refractivity (Wildman–Crippen MR) is 72.8 cm³/mol. The van der Waals surface area contributed by atoms with Gasteiger partial charge in [-0.25, -0.2) is 0 Å². The maximum Gasteiger partial charge on any atom is 0.233 e. The zero-order valence-electron chi connectivity index (χ0n) is 10.1. The van der Waals surface area contributed by atoms with Crippen molar-refractivity contribution < 1.29 is 14.7 Å². The van der Waals surface area contributed by atoms with Crippen molar-refractivity contribution in [2.75, 3.05) is 0 Å². The SMILES string of the molecule is O=C(/C=C(/O)c1ccccc1)C(=O)c1ccccc1. The van der Waals surface area contributed by atoms with Gasteiger partial charge in [-0.3, -0.25) is 9.59 Å². The summed E-state index contributed by atoms with van der Waals surface area (Å²) in [7, 11) is 0. The van der Waals surface area contributed by atoms with Crippen LogP contribution in [0.5, 0.6) is 0 Å². The highest BCUT2D eigenvalue weighted by molar-refractivity contribution is 6.48. The van der Waals surface area contributed by atoms with Crippen molar-refractivity contribution in [1.82, 2.24) is 0 Å². The van der Waals surface area contributed by atoms with Crippen molar-refractivity contribution in [2.24, 2.45) is 0 Å². The van der Waals surface area contributed by atoms with E-state index in [0.717, 1.165) is 6.08 Å². The smallest absolute Gasteiger partial charge is 0.233 e. The lowest BCUT2D eigenvalue weighted by Crippen LogP contribution is -2.11. The van der Waals surface area contributed by atoms with Crippen LogP contribution in [0.25, 0.3) is 5.76 Å². The molecule has 0 bridgehead atoms. The molecule has 3 nitrogen and oxygen atoms in total. The molecule has 0 aromatic heterocycles. The molecule has 19 heavy (non-hydrogen) atoms. The maximum atomic E-state index is 11.8. The highest BCUT2D eigenvalue weighted by Gasteiger charge is 2.14. The molecule has 0 aliphatic rings. The highest BCUT2D eigenvalue weighted by Crippen LogP contribution is 2.11. The fourth-order valence-electron chi connectivity index (χ4n) is 1.61. The number of ketones is 2. The summed E-state index contributed by atoms with van der Waals surface area (Å²) < 4.78 is 0. The zero-order valence-corrected chi connectivity index (χ0v) is 10.1. The van der Waals surface area contributed by atoms with E-state index in [1.54, 1.807) is 60.7 Å². The molecule has 94 valence electrons. The summed E-state index contributed by atoms with van der Waals surface area (Å²) in [5, 5.41) is 9.77. The lowest BCUT2D eigenvalue weighted by molar-refractivity contribution is -0.110. The number of carbonyl (C=O) groups excluding carboxylic acids is 2. The Morgan fingerprint density at radius 2 is 1.26 bits per heavy atom.